The molecule has 0 radical (unpaired) electrons. The Labute approximate surface area is 131 Å². The van der Waals surface area contributed by atoms with Crippen molar-refractivity contribution < 1.29 is 9.53 Å². The minimum atomic E-state index is -0.268. The fraction of sp³-hybridized carbons (Fsp3) is 0.0667. The van der Waals surface area contributed by atoms with Gasteiger partial charge in [-0.25, -0.2) is 5.43 Å². The van der Waals surface area contributed by atoms with Crippen LogP contribution in [0.2, 0.25) is 5.02 Å². The summed E-state index contributed by atoms with van der Waals surface area (Å²) >= 11 is 5.89. The predicted molar refractivity (Wildman–Crippen MR) is 82.7 cm³/mol. The van der Waals surface area contributed by atoms with Crippen LogP contribution in [0.3, 0.4) is 0 Å². The van der Waals surface area contributed by atoms with E-state index in [9.17, 15) is 4.79 Å². The Balaban J connectivity index is 1.73. The Kier molecular flexibility index (Phi) is 4.11. The van der Waals surface area contributed by atoms with Gasteiger partial charge in [0.2, 0.25) is 5.90 Å². The lowest BCUT2D eigenvalue weighted by molar-refractivity contribution is -0.124. The maximum Gasteiger partial charge on any atom is 0.278 e. The molecule has 2 aromatic rings. The normalized spacial score (nSPS) is 14.4. The molecule has 0 aromatic heterocycles. The first kappa shape index (κ1) is 14.2. The molecule has 1 aliphatic heterocycles. The molecule has 0 atom stereocenters. The molecule has 22 heavy (non-hydrogen) atoms. The molecule has 7 heteroatoms. The van der Waals surface area contributed by atoms with Gasteiger partial charge < -0.3 is 4.74 Å². The number of carbonyl (C=O) groups is 1. The van der Waals surface area contributed by atoms with Gasteiger partial charge in [-0.1, -0.05) is 17.7 Å². The van der Waals surface area contributed by atoms with Crippen LogP contribution in [0.1, 0.15) is 5.56 Å². The van der Waals surface area contributed by atoms with Crippen LogP contribution in [0.5, 0.6) is 0 Å². The second-order valence-electron chi connectivity index (χ2n) is 4.47. The summed E-state index contributed by atoms with van der Waals surface area (Å²) in [5.74, 6) is 0.105. The van der Waals surface area contributed by atoms with E-state index in [0.29, 0.717) is 22.3 Å². The topological polar surface area (TPSA) is 75.4 Å². The van der Waals surface area contributed by atoms with Crippen molar-refractivity contribution in [2.24, 2.45) is 15.3 Å². The van der Waals surface area contributed by atoms with Crippen LogP contribution >= 0.6 is 11.6 Å². The number of halogens is 1. The summed E-state index contributed by atoms with van der Waals surface area (Å²) in [7, 11) is 0. The third kappa shape index (κ3) is 3.48. The third-order valence-corrected chi connectivity index (χ3v) is 3.06. The van der Waals surface area contributed by atoms with E-state index in [4.69, 9.17) is 16.3 Å². The van der Waals surface area contributed by atoms with Gasteiger partial charge in [0.25, 0.3) is 5.91 Å². The fourth-order valence-electron chi connectivity index (χ4n) is 1.78. The molecule has 0 saturated carbocycles. The number of carbonyl (C=O) groups excluding carboxylic acids is 1. The number of azo groups is 1. The van der Waals surface area contributed by atoms with Gasteiger partial charge in [0, 0.05) is 10.6 Å². The third-order valence-electron chi connectivity index (χ3n) is 2.83. The number of nitrogens with one attached hydrogen (secondary N) is 1. The number of rotatable bonds is 3. The number of hydrogen-bond acceptors (Lipinski definition) is 5. The van der Waals surface area contributed by atoms with Crippen molar-refractivity contribution >= 4 is 34.8 Å². The van der Waals surface area contributed by atoms with E-state index in [-0.39, 0.29) is 12.5 Å². The van der Waals surface area contributed by atoms with E-state index in [1.165, 1.54) is 0 Å². The van der Waals surface area contributed by atoms with Gasteiger partial charge >= 0.3 is 0 Å². The first-order valence-corrected chi connectivity index (χ1v) is 6.85. The van der Waals surface area contributed by atoms with Gasteiger partial charge in [0.1, 0.15) is 0 Å². The summed E-state index contributed by atoms with van der Waals surface area (Å²) < 4.78 is 5.23. The van der Waals surface area contributed by atoms with Crippen molar-refractivity contribution in [2.45, 2.75) is 0 Å². The lowest BCUT2D eigenvalue weighted by Crippen LogP contribution is -2.32. The first-order valence-electron chi connectivity index (χ1n) is 6.48. The molecule has 2 aromatic carbocycles. The second-order valence-corrected chi connectivity index (χ2v) is 4.90. The van der Waals surface area contributed by atoms with Gasteiger partial charge in [0.05, 0.1) is 11.4 Å². The van der Waals surface area contributed by atoms with Crippen molar-refractivity contribution in [3.05, 3.63) is 59.1 Å². The SMILES string of the molecule is O=C1COC(c2ccc(N=Nc3cccc(Cl)c3)cc2)=NN1. The van der Waals surface area contributed by atoms with Crippen LogP contribution in [0, 0.1) is 0 Å². The number of hydrazone groups is 1. The number of hydrogen-bond donors (Lipinski definition) is 1. The molecular formula is C15H11ClN4O2. The molecule has 0 fully saturated rings. The van der Waals surface area contributed by atoms with Gasteiger partial charge in [-0.3, -0.25) is 4.79 Å². The minimum Gasteiger partial charge on any atom is -0.466 e. The number of amides is 1. The van der Waals surface area contributed by atoms with Crippen molar-refractivity contribution in [3.63, 3.8) is 0 Å². The molecule has 0 bridgehead atoms. The van der Waals surface area contributed by atoms with Crippen molar-refractivity contribution in [3.8, 4) is 0 Å². The summed E-state index contributed by atoms with van der Waals surface area (Å²) in [5, 5.41) is 12.7. The average molecular weight is 315 g/mol. The zero-order valence-electron chi connectivity index (χ0n) is 11.4. The predicted octanol–water partition coefficient (Wildman–Crippen LogP) is 3.56. The van der Waals surface area contributed by atoms with Gasteiger partial charge in [-0.2, -0.15) is 10.2 Å². The van der Waals surface area contributed by atoms with Crippen molar-refractivity contribution in [2.75, 3.05) is 6.61 Å². The highest BCUT2D eigenvalue weighted by molar-refractivity contribution is 6.30. The molecular weight excluding hydrogens is 304 g/mol. The second kappa shape index (κ2) is 6.36. The van der Waals surface area contributed by atoms with E-state index in [2.05, 4.69) is 20.8 Å². The molecule has 110 valence electrons. The van der Waals surface area contributed by atoms with E-state index in [1.54, 1.807) is 36.4 Å². The minimum absolute atomic E-state index is 0.0327. The summed E-state index contributed by atoms with van der Waals surface area (Å²) in [6, 6.07) is 14.3. The van der Waals surface area contributed by atoms with Crippen molar-refractivity contribution in [1.82, 2.24) is 5.43 Å². The summed E-state index contributed by atoms with van der Waals surface area (Å²) in [4.78, 5) is 11.0. The Morgan fingerprint density at radius 3 is 2.55 bits per heavy atom. The lowest BCUT2D eigenvalue weighted by Gasteiger charge is -2.13. The van der Waals surface area contributed by atoms with Gasteiger partial charge in [-0.05, 0) is 42.5 Å². The standard InChI is InChI=1S/C15H11ClN4O2/c16-11-2-1-3-13(8-11)18-17-12-6-4-10(5-7-12)15-20-19-14(21)9-22-15/h1-8H,9H2,(H,19,21). The molecule has 0 spiro atoms. The maximum atomic E-state index is 11.0. The molecule has 0 aliphatic carbocycles. The summed E-state index contributed by atoms with van der Waals surface area (Å²) in [6.45, 7) is -0.0327. The Morgan fingerprint density at radius 1 is 1.09 bits per heavy atom. The Bertz CT molecular complexity index is 756. The molecule has 0 unspecified atom stereocenters. The zero-order valence-corrected chi connectivity index (χ0v) is 12.1. The Morgan fingerprint density at radius 2 is 1.86 bits per heavy atom. The highest BCUT2D eigenvalue weighted by Gasteiger charge is 2.13. The summed E-state index contributed by atoms with van der Waals surface area (Å²) in [6.07, 6.45) is 0. The highest BCUT2D eigenvalue weighted by Crippen LogP contribution is 2.21. The highest BCUT2D eigenvalue weighted by atomic mass is 35.5. The van der Waals surface area contributed by atoms with Crippen LogP contribution in [-0.2, 0) is 9.53 Å². The van der Waals surface area contributed by atoms with Crippen LogP contribution in [-0.4, -0.2) is 18.4 Å². The van der Waals surface area contributed by atoms with Crippen LogP contribution in [0.25, 0.3) is 0 Å². The first-order chi connectivity index (χ1) is 10.7. The molecule has 1 N–H and O–H groups in total. The number of nitrogens with zero attached hydrogens (tertiary/aromatic N) is 3. The fourth-order valence-corrected chi connectivity index (χ4v) is 1.97. The monoisotopic (exact) mass is 314 g/mol. The smallest absolute Gasteiger partial charge is 0.278 e. The van der Waals surface area contributed by atoms with Crippen LogP contribution < -0.4 is 5.43 Å². The number of benzene rings is 2. The van der Waals surface area contributed by atoms with E-state index >= 15 is 0 Å². The largest absolute Gasteiger partial charge is 0.466 e. The maximum absolute atomic E-state index is 11.0. The number of ether oxygens (including phenoxy) is 1. The van der Waals surface area contributed by atoms with Gasteiger partial charge in [-0.15, -0.1) is 5.10 Å². The molecule has 1 aliphatic rings. The molecule has 0 saturated heterocycles. The summed E-state index contributed by atoms with van der Waals surface area (Å²) in [5.41, 5.74) is 4.48. The molecule has 3 rings (SSSR count). The van der Waals surface area contributed by atoms with E-state index in [0.717, 1.165) is 5.56 Å². The molecule has 6 nitrogen and oxygen atoms in total. The molecule has 1 amide bonds. The van der Waals surface area contributed by atoms with Crippen LogP contribution in [0.15, 0.2) is 63.9 Å². The quantitative estimate of drug-likeness (QED) is 0.879. The van der Waals surface area contributed by atoms with Gasteiger partial charge in [0.15, 0.2) is 6.61 Å². The van der Waals surface area contributed by atoms with Crippen LogP contribution in [0.4, 0.5) is 11.4 Å². The average Bonchev–Trinajstić information content (AvgIpc) is 2.54. The van der Waals surface area contributed by atoms with Crippen molar-refractivity contribution in [1.29, 1.82) is 0 Å². The molecule has 1 heterocycles. The van der Waals surface area contributed by atoms with E-state index in [1.807, 2.05) is 12.1 Å². The zero-order chi connectivity index (χ0) is 15.4. The Hall–Kier alpha value is -2.73. The van der Waals surface area contributed by atoms with E-state index < -0.39 is 0 Å². The lowest BCUT2D eigenvalue weighted by atomic mass is 10.2.